The van der Waals surface area contributed by atoms with E-state index in [0.717, 1.165) is 24.8 Å². The van der Waals surface area contributed by atoms with Gasteiger partial charge in [-0.25, -0.2) is 18.7 Å². The van der Waals surface area contributed by atoms with Gasteiger partial charge in [-0.15, -0.1) is 0 Å². The monoisotopic (exact) mass is 836 g/mol. The van der Waals surface area contributed by atoms with Gasteiger partial charge in [0.15, 0.2) is 28.9 Å². The van der Waals surface area contributed by atoms with Gasteiger partial charge in [0, 0.05) is 43.6 Å². The van der Waals surface area contributed by atoms with Crippen LogP contribution in [0.3, 0.4) is 0 Å². The zero-order valence-corrected chi connectivity index (χ0v) is 34.1. The molecule has 16 nitrogen and oxygen atoms in total. The van der Waals surface area contributed by atoms with Crippen molar-refractivity contribution in [3.63, 3.8) is 0 Å². The van der Waals surface area contributed by atoms with Gasteiger partial charge in [0.05, 0.1) is 83.2 Å². The first-order valence-corrected chi connectivity index (χ1v) is 19.4. The average Bonchev–Trinajstić information content (AvgIpc) is 3.71. The number of nitro groups is 1. The molecule has 7 rings (SSSR count). The normalized spacial score (nSPS) is 14.3. The molecule has 2 aliphatic heterocycles. The number of nitrogens with one attached hydrogen (secondary N) is 1. The van der Waals surface area contributed by atoms with Crippen LogP contribution in [0.15, 0.2) is 94.3 Å². The fourth-order valence-corrected chi connectivity index (χ4v) is 7.32. The fourth-order valence-electron chi connectivity index (χ4n) is 7.32. The van der Waals surface area contributed by atoms with Crippen LogP contribution in [-0.4, -0.2) is 109 Å². The minimum atomic E-state index is -1.09. The fraction of sp³-hybridized carbons (Fsp3) is 0.302. The van der Waals surface area contributed by atoms with Crippen molar-refractivity contribution < 1.29 is 37.2 Å². The quantitative estimate of drug-likeness (QED) is 0.0574. The van der Waals surface area contributed by atoms with Crippen molar-refractivity contribution in [2.24, 2.45) is 4.99 Å². The number of ketones is 1. The summed E-state index contributed by atoms with van der Waals surface area (Å²) in [5.41, 5.74) is 1.31. The van der Waals surface area contributed by atoms with Crippen molar-refractivity contribution in [2.75, 3.05) is 77.9 Å². The number of aliphatic imine (C=N–C) groups is 1. The van der Waals surface area contributed by atoms with E-state index in [2.05, 4.69) is 30.2 Å². The molecule has 0 spiro atoms. The summed E-state index contributed by atoms with van der Waals surface area (Å²) in [6.45, 7) is 3.51. The number of carbonyl (C=O) groups is 1. The van der Waals surface area contributed by atoms with Crippen LogP contribution in [0.5, 0.6) is 11.5 Å². The predicted octanol–water partition coefficient (Wildman–Crippen LogP) is 5.48. The third-order valence-corrected chi connectivity index (χ3v) is 10.3. The number of likely N-dealkylation sites (N-methyl/N-ethyl adjacent to an activating group) is 1. The Morgan fingerprint density at radius 1 is 1.02 bits per heavy atom. The van der Waals surface area contributed by atoms with Gasteiger partial charge in [-0.1, -0.05) is 29.3 Å². The smallest absolute Gasteiger partial charge is 0.368 e. The summed E-state index contributed by atoms with van der Waals surface area (Å²) in [4.78, 5) is 58.2. The molecule has 0 unspecified atom stereocenters. The van der Waals surface area contributed by atoms with Gasteiger partial charge >= 0.3 is 5.82 Å². The van der Waals surface area contributed by atoms with E-state index in [1.807, 2.05) is 20.2 Å². The van der Waals surface area contributed by atoms with Gasteiger partial charge in [0.1, 0.15) is 24.2 Å². The molecule has 1 saturated heterocycles. The number of morpholine rings is 1. The first kappa shape index (κ1) is 42.2. The highest BCUT2D eigenvalue weighted by atomic mass is 19.1. The Morgan fingerprint density at radius 2 is 1.75 bits per heavy atom. The number of anilines is 3. The number of nitrogens with zero attached hydrogens (tertiary/aromatic N) is 8. The molecular weight excluding hydrogens is 793 g/mol. The number of hydrogen-bond acceptors (Lipinski definition) is 13. The summed E-state index contributed by atoms with van der Waals surface area (Å²) >= 11 is 0. The van der Waals surface area contributed by atoms with E-state index < -0.39 is 27.7 Å². The lowest BCUT2D eigenvalue weighted by Crippen LogP contribution is -2.41. The van der Waals surface area contributed by atoms with E-state index in [1.54, 1.807) is 42.6 Å². The topological polar surface area (TPSA) is 176 Å². The molecule has 5 aromatic rings. The standard InChI is InChI=1S/C43H43F2N9O7/c1-54(2,26-29-12-13-46-40(29)53(57)58)16-6-9-32(55)20-27-7-5-8-28(19-27)25-52-41-30(21-33(42(52)56)37-38(44)34(59-3)22-35(60-4)39(37)45)23-48-43(50-41)49-36-11-10-31(24-47-36)51-14-17-61-18-15-51/h5-11,13,19,21-24H,12,14-18,20,25-26H2,1-4H3/p+1/b9-6+. The van der Waals surface area contributed by atoms with Gasteiger partial charge in [0.2, 0.25) is 5.95 Å². The van der Waals surface area contributed by atoms with Crippen molar-refractivity contribution in [3.05, 3.63) is 128 Å². The Labute approximate surface area is 349 Å². The van der Waals surface area contributed by atoms with Crippen LogP contribution in [0, 0.1) is 21.7 Å². The maximum absolute atomic E-state index is 15.9. The molecule has 18 heteroatoms. The molecule has 0 aliphatic carbocycles. The number of carbonyl (C=O) groups excluding carboxylic acids is 1. The number of fused-ring (bicyclic) bond motifs is 1. The molecule has 2 aliphatic rings. The Kier molecular flexibility index (Phi) is 12.6. The highest BCUT2D eigenvalue weighted by molar-refractivity contribution is 5.91. The largest absolute Gasteiger partial charge is 0.494 e. The van der Waals surface area contributed by atoms with E-state index in [9.17, 15) is 19.7 Å². The lowest BCUT2D eigenvalue weighted by Gasteiger charge is -2.28. The second-order valence-electron chi connectivity index (χ2n) is 15.2. The van der Waals surface area contributed by atoms with Crippen molar-refractivity contribution in [3.8, 4) is 22.6 Å². The van der Waals surface area contributed by atoms with Gasteiger partial charge in [-0.3, -0.25) is 14.2 Å². The van der Waals surface area contributed by atoms with E-state index in [1.165, 1.54) is 43.3 Å². The Morgan fingerprint density at radius 3 is 2.44 bits per heavy atom. The minimum absolute atomic E-state index is 0.0471. The second kappa shape index (κ2) is 18.1. The van der Waals surface area contributed by atoms with Crippen LogP contribution in [-0.2, 0) is 22.5 Å². The number of hydrogen-bond donors (Lipinski definition) is 1. The van der Waals surface area contributed by atoms with E-state index in [0.29, 0.717) is 65.1 Å². The Hall–Kier alpha value is -6.92. The summed E-state index contributed by atoms with van der Waals surface area (Å²) in [7, 11) is 6.28. The molecule has 0 saturated carbocycles. The highest BCUT2D eigenvalue weighted by Gasteiger charge is 2.29. The Bertz CT molecular complexity index is 2610. The molecule has 0 bridgehead atoms. The summed E-state index contributed by atoms with van der Waals surface area (Å²) in [6, 6.07) is 13.2. The van der Waals surface area contributed by atoms with Crippen LogP contribution in [0.2, 0.25) is 0 Å². The molecule has 1 N–H and O–H groups in total. The third kappa shape index (κ3) is 9.60. The van der Waals surface area contributed by atoms with Gasteiger partial charge in [0.25, 0.3) is 5.56 Å². The van der Waals surface area contributed by atoms with Crippen LogP contribution >= 0.6 is 0 Å². The number of halogens is 2. The molecule has 2 aromatic carbocycles. The van der Waals surface area contributed by atoms with Crippen molar-refractivity contribution >= 4 is 40.5 Å². The van der Waals surface area contributed by atoms with Gasteiger partial charge in [-0.05, 0) is 46.4 Å². The number of allylic oxidation sites excluding steroid dienone is 1. The predicted molar refractivity (Wildman–Crippen MR) is 225 cm³/mol. The van der Waals surface area contributed by atoms with Crippen LogP contribution in [0.25, 0.3) is 22.2 Å². The molecule has 0 radical (unpaired) electrons. The SMILES string of the molecule is COc1cc(OC)c(F)c(-c2cc3cnc(Nc4ccc(N5CCOCC5)cn4)nc3n(Cc3cccc(CC(=O)/C=C/C[N+](C)(C)CC4=C([N+](=O)[O-])N=CC4)c3)c2=O)c1F. The number of methoxy groups -OCH3 is 2. The number of benzene rings is 2. The number of aromatic nitrogens is 4. The van der Waals surface area contributed by atoms with Gasteiger partial charge in [-0.2, -0.15) is 4.98 Å². The first-order valence-electron chi connectivity index (χ1n) is 19.4. The second-order valence-corrected chi connectivity index (χ2v) is 15.2. The van der Waals surface area contributed by atoms with Crippen molar-refractivity contribution in [1.82, 2.24) is 19.5 Å². The molecule has 1 fully saturated rings. The lowest BCUT2D eigenvalue weighted by atomic mass is 10.0. The zero-order valence-electron chi connectivity index (χ0n) is 34.1. The first-order chi connectivity index (χ1) is 29.3. The Balaban J connectivity index is 1.18. The molecule has 5 heterocycles. The summed E-state index contributed by atoms with van der Waals surface area (Å²) in [6.07, 6.45) is 8.41. The van der Waals surface area contributed by atoms with E-state index >= 15 is 8.78 Å². The van der Waals surface area contributed by atoms with Crippen LogP contribution in [0.1, 0.15) is 17.5 Å². The van der Waals surface area contributed by atoms with Crippen molar-refractivity contribution in [1.29, 1.82) is 0 Å². The lowest BCUT2D eigenvalue weighted by molar-refractivity contribution is -0.880. The minimum Gasteiger partial charge on any atom is -0.494 e. The zero-order chi connectivity index (χ0) is 43.3. The average molecular weight is 837 g/mol. The molecule has 0 amide bonds. The van der Waals surface area contributed by atoms with Crippen LogP contribution in [0.4, 0.5) is 26.2 Å². The number of ether oxygens (including phenoxy) is 3. The van der Waals surface area contributed by atoms with Crippen molar-refractivity contribution in [2.45, 2.75) is 19.4 Å². The highest BCUT2D eigenvalue weighted by Crippen LogP contribution is 2.37. The summed E-state index contributed by atoms with van der Waals surface area (Å²) in [5, 5.41) is 14.7. The molecular formula is C43H44F2N9O7+. The molecule has 3 aromatic heterocycles. The summed E-state index contributed by atoms with van der Waals surface area (Å²) in [5.74, 6) is -2.54. The number of rotatable bonds is 16. The molecule has 0 atom stereocenters. The molecule has 316 valence electrons. The maximum Gasteiger partial charge on any atom is 0.368 e. The number of pyridine rings is 2. The van der Waals surface area contributed by atoms with Crippen LogP contribution < -0.4 is 25.2 Å². The van der Waals surface area contributed by atoms with E-state index in [4.69, 9.17) is 14.2 Å². The number of quaternary nitrogens is 1. The maximum atomic E-state index is 15.9. The summed E-state index contributed by atoms with van der Waals surface area (Å²) < 4.78 is 49.2. The van der Waals surface area contributed by atoms with E-state index in [-0.39, 0.29) is 53.2 Å². The molecule has 61 heavy (non-hydrogen) atoms. The van der Waals surface area contributed by atoms with Gasteiger partial charge < -0.3 is 39.0 Å². The third-order valence-electron chi connectivity index (χ3n) is 10.3.